The number of hydrogen-bond donors (Lipinski definition) is 0. The van der Waals surface area contributed by atoms with Gasteiger partial charge < -0.3 is 0 Å². The van der Waals surface area contributed by atoms with Crippen LogP contribution in [0.5, 0.6) is 0 Å². The molecule has 0 radical (unpaired) electrons. The number of pyridine rings is 1. The zero-order valence-electron chi connectivity index (χ0n) is 8.50. The molecule has 1 aromatic carbocycles. The van der Waals surface area contributed by atoms with Gasteiger partial charge in [0.05, 0.1) is 15.5 Å². The van der Waals surface area contributed by atoms with Crippen LogP contribution < -0.4 is 0 Å². The second-order valence-electron chi connectivity index (χ2n) is 3.41. The predicted octanol–water partition coefficient (Wildman–Crippen LogP) is 4.52. The summed E-state index contributed by atoms with van der Waals surface area (Å²) in [6.07, 6.45) is 1.15. The highest BCUT2D eigenvalue weighted by atomic mass is 79.9. The van der Waals surface area contributed by atoms with Crippen molar-refractivity contribution in [3.63, 3.8) is 0 Å². The van der Waals surface area contributed by atoms with Crippen LogP contribution in [-0.4, -0.2) is 9.91 Å². The molecule has 1 heterocycles. The summed E-state index contributed by atoms with van der Waals surface area (Å²) in [6.45, 7) is 1.81. The molecule has 0 N–H and O–H groups in total. The van der Waals surface area contributed by atoms with E-state index in [0.717, 1.165) is 11.8 Å². The van der Waals surface area contributed by atoms with Crippen molar-refractivity contribution in [2.45, 2.75) is 6.92 Å². The topological polar surface area (TPSA) is 56.0 Å². The fourth-order valence-corrected chi connectivity index (χ4v) is 2.34. The summed E-state index contributed by atoms with van der Waals surface area (Å²) in [6, 6.07) is 1.57. The monoisotopic (exact) mass is 334 g/mol. The maximum atomic E-state index is 10.7. The van der Waals surface area contributed by atoms with E-state index in [1.807, 2.05) is 6.92 Å². The molecule has 0 bridgehead atoms. The average Bonchev–Trinajstić information content (AvgIpc) is 2.27. The van der Waals surface area contributed by atoms with Crippen LogP contribution in [0.4, 0.5) is 5.69 Å². The van der Waals surface area contributed by atoms with E-state index in [0.29, 0.717) is 20.4 Å². The molecule has 17 heavy (non-hydrogen) atoms. The van der Waals surface area contributed by atoms with Crippen LogP contribution in [-0.2, 0) is 0 Å². The fourth-order valence-electron chi connectivity index (χ4n) is 1.52. The first-order chi connectivity index (χ1) is 7.93. The second kappa shape index (κ2) is 4.40. The first-order valence-electron chi connectivity index (χ1n) is 4.50. The quantitative estimate of drug-likeness (QED) is 0.568. The Balaban J connectivity index is 2.92. The standard InChI is InChI=1S/C10H5BrCl2N2O2/c1-4-8(11)6(12)2-5-9(13)7(15(16)17)3-14-10(4)5/h2-3H,1H3. The Morgan fingerprint density at radius 2 is 2.12 bits per heavy atom. The van der Waals surface area contributed by atoms with Gasteiger partial charge in [-0.05, 0) is 34.5 Å². The summed E-state index contributed by atoms with van der Waals surface area (Å²) in [5.41, 5.74) is 1.16. The van der Waals surface area contributed by atoms with Crippen molar-refractivity contribution in [2.75, 3.05) is 0 Å². The lowest BCUT2D eigenvalue weighted by Gasteiger charge is -2.07. The number of benzene rings is 1. The molecule has 0 atom stereocenters. The summed E-state index contributed by atoms with van der Waals surface area (Å²) < 4.78 is 0.712. The molecule has 7 heteroatoms. The molecule has 88 valence electrons. The molecule has 4 nitrogen and oxygen atoms in total. The number of halogens is 3. The summed E-state index contributed by atoms with van der Waals surface area (Å²) in [5.74, 6) is 0. The molecule has 0 spiro atoms. The van der Waals surface area contributed by atoms with Crippen molar-refractivity contribution in [1.82, 2.24) is 4.98 Å². The van der Waals surface area contributed by atoms with Crippen molar-refractivity contribution < 1.29 is 4.92 Å². The Morgan fingerprint density at radius 1 is 1.47 bits per heavy atom. The van der Waals surface area contributed by atoms with Crippen molar-refractivity contribution in [3.8, 4) is 0 Å². The Kier molecular flexibility index (Phi) is 3.25. The molecule has 0 amide bonds. The lowest BCUT2D eigenvalue weighted by molar-refractivity contribution is -0.384. The lowest BCUT2D eigenvalue weighted by Crippen LogP contribution is -1.94. The highest BCUT2D eigenvalue weighted by Crippen LogP contribution is 2.38. The van der Waals surface area contributed by atoms with Crippen LogP contribution in [0.1, 0.15) is 5.56 Å². The number of aryl methyl sites for hydroxylation is 1. The van der Waals surface area contributed by atoms with Crippen LogP contribution in [0.15, 0.2) is 16.7 Å². The van der Waals surface area contributed by atoms with Gasteiger partial charge in [0.25, 0.3) is 0 Å². The zero-order valence-corrected chi connectivity index (χ0v) is 11.6. The van der Waals surface area contributed by atoms with Gasteiger partial charge in [-0.15, -0.1) is 0 Å². The Labute approximate surface area is 115 Å². The van der Waals surface area contributed by atoms with Gasteiger partial charge in [0.2, 0.25) is 0 Å². The van der Waals surface area contributed by atoms with E-state index in [4.69, 9.17) is 23.2 Å². The van der Waals surface area contributed by atoms with E-state index in [1.165, 1.54) is 0 Å². The molecule has 1 aromatic heterocycles. The molecule has 2 aromatic rings. The van der Waals surface area contributed by atoms with Gasteiger partial charge in [-0.1, -0.05) is 23.2 Å². The summed E-state index contributed by atoms with van der Waals surface area (Å²) in [7, 11) is 0. The van der Waals surface area contributed by atoms with Gasteiger partial charge >= 0.3 is 5.69 Å². The van der Waals surface area contributed by atoms with Crippen LogP contribution in [0, 0.1) is 17.0 Å². The number of fused-ring (bicyclic) bond motifs is 1. The van der Waals surface area contributed by atoms with Crippen molar-refractivity contribution >= 4 is 55.7 Å². The molecule has 2 rings (SSSR count). The minimum atomic E-state index is -0.569. The molecular formula is C10H5BrCl2N2O2. The fraction of sp³-hybridized carbons (Fsp3) is 0.100. The molecule has 0 saturated heterocycles. The predicted molar refractivity (Wildman–Crippen MR) is 70.9 cm³/mol. The van der Waals surface area contributed by atoms with Gasteiger partial charge in [-0.2, -0.15) is 0 Å². The number of nitrogens with zero attached hydrogens (tertiary/aromatic N) is 2. The van der Waals surface area contributed by atoms with Crippen LogP contribution in [0.2, 0.25) is 10.0 Å². The van der Waals surface area contributed by atoms with E-state index in [9.17, 15) is 10.1 Å². The third-order valence-electron chi connectivity index (χ3n) is 2.39. The number of rotatable bonds is 1. The molecule has 0 aliphatic rings. The zero-order chi connectivity index (χ0) is 12.7. The van der Waals surface area contributed by atoms with Crippen molar-refractivity contribution in [1.29, 1.82) is 0 Å². The van der Waals surface area contributed by atoms with Gasteiger partial charge in [0.1, 0.15) is 11.2 Å². The number of aromatic nitrogens is 1. The number of nitro groups is 1. The summed E-state index contributed by atoms with van der Waals surface area (Å²) in [4.78, 5) is 14.2. The highest BCUT2D eigenvalue weighted by molar-refractivity contribution is 9.10. The average molecular weight is 336 g/mol. The highest BCUT2D eigenvalue weighted by Gasteiger charge is 2.19. The van der Waals surface area contributed by atoms with Gasteiger partial charge in [-0.25, -0.2) is 4.98 Å². The first kappa shape index (κ1) is 12.5. The van der Waals surface area contributed by atoms with Crippen LogP contribution in [0.25, 0.3) is 10.9 Å². The van der Waals surface area contributed by atoms with E-state index in [-0.39, 0.29) is 10.7 Å². The third kappa shape index (κ3) is 1.99. The summed E-state index contributed by atoms with van der Waals surface area (Å²) >= 11 is 15.3. The normalized spacial score (nSPS) is 10.8. The summed E-state index contributed by atoms with van der Waals surface area (Å²) in [5, 5.41) is 11.7. The van der Waals surface area contributed by atoms with E-state index in [2.05, 4.69) is 20.9 Å². The Morgan fingerprint density at radius 3 is 2.71 bits per heavy atom. The molecule has 0 aliphatic heterocycles. The molecule has 0 aliphatic carbocycles. The largest absolute Gasteiger partial charge is 0.306 e. The van der Waals surface area contributed by atoms with Gasteiger partial charge in [-0.3, -0.25) is 10.1 Å². The van der Waals surface area contributed by atoms with E-state index in [1.54, 1.807) is 6.07 Å². The van der Waals surface area contributed by atoms with E-state index >= 15 is 0 Å². The van der Waals surface area contributed by atoms with E-state index < -0.39 is 4.92 Å². The molecule has 0 unspecified atom stereocenters. The lowest BCUT2D eigenvalue weighted by atomic mass is 10.1. The minimum absolute atomic E-state index is 0.0532. The molecular weight excluding hydrogens is 331 g/mol. The van der Waals surface area contributed by atoms with Gasteiger partial charge in [0.15, 0.2) is 0 Å². The Hall–Kier alpha value is -0.910. The minimum Gasteiger partial charge on any atom is -0.258 e. The first-order valence-corrected chi connectivity index (χ1v) is 6.05. The molecule has 0 saturated carbocycles. The maximum Gasteiger partial charge on any atom is 0.306 e. The molecule has 0 fully saturated rings. The van der Waals surface area contributed by atoms with Crippen molar-refractivity contribution in [3.05, 3.63) is 42.5 Å². The van der Waals surface area contributed by atoms with Crippen molar-refractivity contribution in [2.24, 2.45) is 0 Å². The smallest absolute Gasteiger partial charge is 0.258 e. The second-order valence-corrected chi connectivity index (χ2v) is 4.99. The van der Waals surface area contributed by atoms with Crippen LogP contribution in [0.3, 0.4) is 0 Å². The Bertz CT molecular complexity index is 646. The van der Waals surface area contributed by atoms with Crippen LogP contribution >= 0.6 is 39.1 Å². The number of hydrogen-bond acceptors (Lipinski definition) is 3. The van der Waals surface area contributed by atoms with Gasteiger partial charge in [0, 0.05) is 9.86 Å². The maximum absolute atomic E-state index is 10.7. The SMILES string of the molecule is Cc1c(Br)c(Cl)cc2c(Cl)c([N+](=O)[O-])cnc12. The third-order valence-corrected chi connectivity index (χ3v) is 4.34.